The molecule has 0 radical (unpaired) electrons. The van der Waals surface area contributed by atoms with Crippen LogP contribution in [0.2, 0.25) is 0 Å². The lowest BCUT2D eigenvalue weighted by atomic mass is 9.97. The Morgan fingerprint density at radius 2 is 1.78 bits per heavy atom. The lowest BCUT2D eigenvalue weighted by molar-refractivity contribution is 0.0704. The molecule has 2 rings (SSSR count). The van der Waals surface area contributed by atoms with E-state index in [4.69, 9.17) is 15.9 Å². The molecule has 0 aliphatic heterocycles. The molecule has 0 aliphatic carbocycles. The summed E-state index contributed by atoms with van der Waals surface area (Å²) in [7, 11) is 0. The van der Waals surface area contributed by atoms with E-state index in [1.807, 2.05) is 44.2 Å². The topological polar surface area (TPSA) is 76.7 Å². The van der Waals surface area contributed by atoms with Gasteiger partial charge in [-0.2, -0.15) is 0 Å². The molecule has 170 valence electrons. The zero-order valence-electron chi connectivity index (χ0n) is 18.9. The van der Waals surface area contributed by atoms with Gasteiger partial charge in [0.25, 0.3) is 5.91 Å². The number of rotatable bonds is 12. The van der Waals surface area contributed by atoms with Gasteiger partial charge in [0.05, 0.1) is 6.61 Å². The highest BCUT2D eigenvalue weighted by atomic mass is 16.6. The fraction of sp³-hybridized carbons (Fsp3) is 0.385. The highest BCUT2D eigenvalue weighted by molar-refractivity contribution is 5.96. The van der Waals surface area contributed by atoms with Crippen molar-refractivity contribution in [2.75, 3.05) is 19.8 Å². The minimum absolute atomic E-state index is 0.157. The lowest BCUT2D eigenvalue weighted by Crippen LogP contribution is -2.48. The van der Waals surface area contributed by atoms with Crippen molar-refractivity contribution in [3.63, 3.8) is 0 Å². The third-order valence-electron chi connectivity index (χ3n) is 4.86. The monoisotopic (exact) mass is 436 g/mol. The number of ether oxygens (including phenoxy) is 2. The molecule has 2 aromatic carbocycles. The van der Waals surface area contributed by atoms with E-state index in [1.54, 1.807) is 6.07 Å². The highest BCUT2D eigenvalue weighted by Crippen LogP contribution is 2.16. The zero-order chi connectivity index (χ0) is 23.2. The van der Waals surface area contributed by atoms with Crippen molar-refractivity contribution in [1.82, 2.24) is 10.6 Å². The third-order valence-corrected chi connectivity index (χ3v) is 4.86. The smallest absolute Gasteiger partial charge is 0.408 e. The second-order valence-electron chi connectivity index (χ2n) is 7.33. The van der Waals surface area contributed by atoms with E-state index < -0.39 is 12.3 Å². The Bertz CT molecular complexity index is 906. The molecule has 0 saturated carbocycles. The number of hydrogen-bond acceptors (Lipinski definition) is 4. The molecule has 0 aliphatic rings. The number of amides is 2. The minimum atomic E-state index is -0.598. The van der Waals surface area contributed by atoms with Crippen LogP contribution in [0.5, 0.6) is 0 Å². The quantitative estimate of drug-likeness (QED) is 0.299. The Kier molecular flexibility index (Phi) is 10.8. The molecule has 2 amide bonds. The summed E-state index contributed by atoms with van der Waals surface area (Å²) >= 11 is 0. The van der Waals surface area contributed by atoms with Crippen LogP contribution in [0.3, 0.4) is 0 Å². The van der Waals surface area contributed by atoms with Gasteiger partial charge in [0.2, 0.25) is 0 Å². The normalized spacial score (nSPS) is 11.3. The van der Waals surface area contributed by atoms with Crippen LogP contribution in [0, 0.1) is 12.3 Å². The molecule has 2 aromatic rings. The van der Waals surface area contributed by atoms with Gasteiger partial charge >= 0.3 is 6.09 Å². The van der Waals surface area contributed by atoms with Gasteiger partial charge < -0.3 is 20.1 Å². The molecular weight excluding hydrogens is 404 g/mol. The van der Waals surface area contributed by atoms with Crippen molar-refractivity contribution < 1.29 is 19.1 Å². The van der Waals surface area contributed by atoms with Crippen molar-refractivity contribution in [3.05, 3.63) is 70.8 Å². The number of carbonyl (C=O) groups is 2. The second-order valence-corrected chi connectivity index (χ2v) is 7.33. The molecule has 6 heteroatoms. The lowest BCUT2D eigenvalue weighted by Gasteiger charge is -2.20. The van der Waals surface area contributed by atoms with Crippen LogP contribution in [-0.4, -0.2) is 38.0 Å². The van der Waals surface area contributed by atoms with Gasteiger partial charge in [-0.15, -0.1) is 6.42 Å². The van der Waals surface area contributed by atoms with Crippen molar-refractivity contribution in [2.45, 2.75) is 45.7 Å². The standard InChI is InChI=1S/C26H32N2O4/c1-4-16-31-17-18-32-26(30)28-24(6-3)27-25(29)23-19-20(5-2)12-14-22(23)15-13-21-10-8-7-9-11-21/h2,7-12,14,19,24H,4,6,13,15-18H2,1,3H3,(H,27,29)(H,28,30). The molecule has 32 heavy (non-hydrogen) atoms. The van der Waals surface area contributed by atoms with Crippen LogP contribution < -0.4 is 10.6 Å². The van der Waals surface area contributed by atoms with Gasteiger partial charge in [-0.05, 0) is 48.9 Å². The molecule has 2 N–H and O–H groups in total. The largest absolute Gasteiger partial charge is 0.447 e. The van der Waals surface area contributed by atoms with E-state index in [0.29, 0.717) is 37.2 Å². The van der Waals surface area contributed by atoms with E-state index in [1.165, 1.54) is 5.56 Å². The maximum atomic E-state index is 13.0. The van der Waals surface area contributed by atoms with E-state index in [2.05, 4.69) is 28.7 Å². The first-order valence-electron chi connectivity index (χ1n) is 11.0. The molecule has 0 bridgehead atoms. The first-order chi connectivity index (χ1) is 15.6. The summed E-state index contributed by atoms with van der Waals surface area (Å²) < 4.78 is 10.4. The predicted octanol–water partition coefficient (Wildman–Crippen LogP) is 4.07. The first kappa shape index (κ1) is 25.0. The van der Waals surface area contributed by atoms with Crippen LogP contribution in [0.15, 0.2) is 48.5 Å². The number of benzene rings is 2. The summed E-state index contributed by atoms with van der Waals surface area (Å²) in [5, 5.41) is 5.54. The van der Waals surface area contributed by atoms with Crippen molar-refractivity contribution >= 4 is 12.0 Å². The maximum absolute atomic E-state index is 13.0. The summed E-state index contributed by atoms with van der Waals surface area (Å²) in [5.74, 6) is 2.29. The molecule has 0 saturated heterocycles. The van der Waals surface area contributed by atoms with Crippen molar-refractivity contribution in [2.24, 2.45) is 0 Å². The Hall–Kier alpha value is -3.30. The van der Waals surface area contributed by atoms with Gasteiger partial charge in [-0.3, -0.25) is 4.79 Å². The Morgan fingerprint density at radius 1 is 1.00 bits per heavy atom. The minimum Gasteiger partial charge on any atom is -0.447 e. The Labute approximate surface area is 190 Å². The summed E-state index contributed by atoms with van der Waals surface area (Å²) in [6.07, 6.45) is 7.28. The van der Waals surface area contributed by atoms with E-state index in [9.17, 15) is 9.59 Å². The number of carbonyl (C=O) groups excluding carboxylic acids is 2. The Balaban J connectivity index is 1.99. The molecule has 0 spiro atoms. The predicted molar refractivity (Wildman–Crippen MR) is 125 cm³/mol. The Morgan fingerprint density at radius 3 is 2.47 bits per heavy atom. The zero-order valence-corrected chi connectivity index (χ0v) is 18.9. The van der Waals surface area contributed by atoms with Crippen LogP contribution >= 0.6 is 0 Å². The number of terminal acetylenes is 1. The molecular formula is C26H32N2O4. The molecule has 0 heterocycles. The average molecular weight is 437 g/mol. The van der Waals surface area contributed by atoms with Gasteiger partial charge in [0.15, 0.2) is 0 Å². The van der Waals surface area contributed by atoms with E-state index >= 15 is 0 Å². The van der Waals surface area contributed by atoms with Crippen LogP contribution in [0.1, 0.15) is 53.7 Å². The van der Waals surface area contributed by atoms with Crippen molar-refractivity contribution in [1.29, 1.82) is 0 Å². The molecule has 1 atom stereocenters. The van der Waals surface area contributed by atoms with E-state index in [-0.39, 0.29) is 12.5 Å². The van der Waals surface area contributed by atoms with Gasteiger partial charge in [-0.25, -0.2) is 4.79 Å². The SMILES string of the molecule is C#Cc1ccc(CCc2ccccc2)c(C(=O)NC(CC)NC(=O)OCCOCCC)c1. The van der Waals surface area contributed by atoms with Crippen LogP contribution in [0.4, 0.5) is 4.79 Å². The number of nitrogens with one attached hydrogen (secondary N) is 2. The fourth-order valence-corrected chi connectivity index (χ4v) is 3.12. The summed E-state index contributed by atoms with van der Waals surface area (Å²) in [4.78, 5) is 25.1. The third kappa shape index (κ3) is 8.44. The molecule has 6 nitrogen and oxygen atoms in total. The number of hydrogen-bond donors (Lipinski definition) is 2. The summed E-state index contributed by atoms with van der Waals surface area (Å²) in [6.45, 7) is 5.00. The maximum Gasteiger partial charge on any atom is 0.408 e. The summed E-state index contributed by atoms with van der Waals surface area (Å²) in [6, 6.07) is 15.5. The summed E-state index contributed by atoms with van der Waals surface area (Å²) in [5.41, 5.74) is 3.23. The number of aryl methyl sites for hydroxylation is 2. The van der Waals surface area contributed by atoms with E-state index in [0.717, 1.165) is 18.4 Å². The van der Waals surface area contributed by atoms with Crippen LogP contribution in [0.25, 0.3) is 0 Å². The van der Waals surface area contributed by atoms with Crippen LogP contribution in [-0.2, 0) is 22.3 Å². The van der Waals surface area contributed by atoms with Crippen molar-refractivity contribution in [3.8, 4) is 12.3 Å². The highest BCUT2D eigenvalue weighted by Gasteiger charge is 2.18. The molecule has 1 unspecified atom stereocenters. The number of alkyl carbamates (subject to hydrolysis) is 1. The first-order valence-corrected chi connectivity index (χ1v) is 11.0. The van der Waals surface area contributed by atoms with Gasteiger partial charge in [0.1, 0.15) is 12.8 Å². The fourth-order valence-electron chi connectivity index (χ4n) is 3.12. The molecule has 0 fully saturated rings. The second kappa shape index (κ2) is 13.9. The molecule has 0 aromatic heterocycles. The van der Waals surface area contributed by atoms with Gasteiger partial charge in [-0.1, -0.05) is 56.2 Å². The van der Waals surface area contributed by atoms with Gasteiger partial charge in [0, 0.05) is 17.7 Å². The average Bonchev–Trinajstić information content (AvgIpc) is 2.82.